The Balaban J connectivity index is 2.12. The molecule has 0 saturated carbocycles. The molecular weight excluding hydrogens is 352 g/mol. The van der Waals surface area contributed by atoms with Gasteiger partial charge in [-0.2, -0.15) is 0 Å². The zero-order chi connectivity index (χ0) is 15.4. The van der Waals surface area contributed by atoms with Crippen LogP contribution in [0.4, 0.5) is 0 Å². The molecule has 0 spiro atoms. The van der Waals surface area contributed by atoms with Crippen molar-refractivity contribution in [2.45, 2.75) is 39.1 Å². The minimum absolute atomic E-state index is 0.119. The van der Waals surface area contributed by atoms with Gasteiger partial charge < -0.3 is 9.30 Å². The minimum Gasteiger partial charge on any atom is -0.380 e. The Labute approximate surface area is 139 Å². The Morgan fingerprint density at radius 1 is 1.29 bits per heavy atom. The summed E-state index contributed by atoms with van der Waals surface area (Å²) < 4.78 is 8.94. The summed E-state index contributed by atoms with van der Waals surface area (Å²) in [5, 5.41) is -0.119. The number of nitrogens with zero attached hydrogens (tertiary/aromatic N) is 2. The molecule has 1 aromatic heterocycles. The molecule has 21 heavy (non-hydrogen) atoms. The monoisotopic (exact) mass is 372 g/mol. The van der Waals surface area contributed by atoms with Crippen LogP contribution in [0.3, 0.4) is 0 Å². The lowest BCUT2D eigenvalue weighted by Gasteiger charge is -2.11. The molecule has 1 unspecified atom stereocenters. The molecule has 0 aliphatic rings. The van der Waals surface area contributed by atoms with Gasteiger partial charge in [-0.3, -0.25) is 0 Å². The third-order valence-corrected chi connectivity index (χ3v) is 4.08. The van der Waals surface area contributed by atoms with Crippen molar-refractivity contribution in [1.29, 1.82) is 0 Å². The predicted octanol–water partition coefficient (Wildman–Crippen LogP) is 5.16. The van der Waals surface area contributed by atoms with E-state index in [0.717, 1.165) is 40.9 Å². The van der Waals surface area contributed by atoms with Gasteiger partial charge in [0.15, 0.2) is 0 Å². The number of imidazole rings is 1. The smallest absolute Gasteiger partial charge is 0.127 e. The van der Waals surface area contributed by atoms with E-state index in [-0.39, 0.29) is 5.38 Å². The van der Waals surface area contributed by atoms with Gasteiger partial charge in [0.25, 0.3) is 0 Å². The molecule has 0 amide bonds. The van der Waals surface area contributed by atoms with E-state index in [1.54, 1.807) is 0 Å². The molecule has 5 heteroatoms. The van der Waals surface area contributed by atoms with E-state index >= 15 is 0 Å². The highest BCUT2D eigenvalue weighted by Gasteiger charge is 2.15. The average molecular weight is 374 g/mol. The Morgan fingerprint density at radius 2 is 2.05 bits per heavy atom. The van der Waals surface area contributed by atoms with E-state index in [0.29, 0.717) is 12.5 Å². The highest BCUT2D eigenvalue weighted by Crippen LogP contribution is 2.26. The molecule has 0 radical (unpaired) electrons. The largest absolute Gasteiger partial charge is 0.380 e. The summed E-state index contributed by atoms with van der Waals surface area (Å²) in [6.07, 6.45) is 1.09. The van der Waals surface area contributed by atoms with Gasteiger partial charge in [-0.1, -0.05) is 29.8 Å². The molecule has 3 nitrogen and oxygen atoms in total. The van der Waals surface area contributed by atoms with Gasteiger partial charge in [0, 0.05) is 17.6 Å². The van der Waals surface area contributed by atoms with E-state index in [1.165, 1.54) is 0 Å². The van der Waals surface area contributed by atoms with E-state index in [2.05, 4.69) is 45.4 Å². The molecule has 0 saturated heterocycles. The first-order chi connectivity index (χ1) is 9.99. The summed E-state index contributed by atoms with van der Waals surface area (Å²) in [6.45, 7) is 8.63. The molecule has 1 heterocycles. The van der Waals surface area contributed by atoms with Crippen molar-refractivity contribution in [3.63, 3.8) is 0 Å². The quantitative estimate of drug-likeness (QED) is 0.495. The highest BCUT2D eigenvalue weighted by molar-refractivity contribution is 9.10. The molecule has 2 rings (SSSR count). The standard InChI is InChI=1S/C16H22BrClN2O/c1-11(2)6-8-21-9-7-20-15-10-13(17)4-5-14(15)19-16(20)12(3)18/h4-5,10-12H,6-9H2,1-3H3. The molecule has 0 N–H and O–H groups in total. The Kier molecular flexibility index (Phi) is 6.08. The van der Waals surface area contributed by atoms with Gasteiger partial charge in [-0.25, -0.2) is 4.98 Å². The summed E-state index contributed by atoms with van der Waals surface area (Å²) in [6, 6.07) is 6.10. The normalized spacial score (nSPS) is 13.2. The zero-order valence-electron chi connectivity index (χ0n) is 12.8. The van der Waals surface area contributed by atoms with Gasteiger partial charge in [0.1, 0.15) is 5.82 Å². The van der Waals surface area contributed by atoms with Crippen LogP contribution in [0.2, 0.25) is 0 Å². The van der Waals surface area contributed by atoms with Crippen molar-refractivity contribution in [2.75, 3.05) is 13.2 Å². The second-order valence-electron chi connectivity index (χ2n) is 5.67. The molecule has 116 valence electrons. The SMILES string of the molecule is CC(C)CCOCCn1c(C(C)Cl)nc2ccc(Br)cc21. The van der Waals surface area contributed by atoms with Crippen LogP contribution < -0.4 is 0 Å². The van der Waals surface area contributed by atoms with Crippen LogP contribution in [0.25, 0.3) is 11.0 Å². The average Bonchev–Trinajstić information content (AvgIpc) is 2.76. The molecule has 0 bridgehead atoms. The fourth-order valence-corrected chi connectivity index (χ4v) is 2.75. The van der Waals surface area contributed by atoms with Gasteiger partial charge >= 0.3 is 0 Å². The highest BCUT2D eigenvalue weighted by atomic mass is 79.9. The van der Waals surface area contributed by atoms with Crippen LogP contribution in [-0.2, 0) is 11.3 Å². The summed E-state index contributed by atoms with van der Waals surface area (Å²) in [5.74, 6) is 1.57. The van der Waals surface area contributed by atoms with E-state index in [9.17, 15) is 0 Å². The number of alkyl halides is 1. The molecule has 0 fully saturated rings. The van der Waals surface area contributed by atoms with Crippen LogP contribution in [0, 0.1) is 5.92 Å². The van der Waals surface area contributed by atoms with Crippen molar-refractivity contribution in [1.82, 2.24) is 9.55 Å². The maximum Gasteiger partial charge on any atom is 0.127 e. The summed E-state index contributed by atoms with van der Waals surface area (Å²) in [5.41, 5.74) is 2.07. The lowest BCUT2D eigenvalue weighted by atomic mass is 10.1. The van der Waals surface area contributed by atoms with Crippen molar-refractivity contribution in [2.24, 2.45) is 5.92 Å². The zero-order valence-corrected chi connectivity index (χ0v) is 15.1. The Bertz CT molecular complexity index is 595. The maximum atomic E-state index is 6.27. The lowest BCUT2D eigenvalue weighted by molar-refractivity contribution is 0.116. The van der Waals surface area contributed by atoms with Crippen LogP contribution in [0.1, 0.15) is 38.4 Å². The fraction of sp³-hybridized carbons (Fsp3) is 0.562. The number of hydrogen-bond acceptors (Lipinski definition) is 2. The van der Waals surface area contributed by atoms with Crippen molar-refractivity contribution in [3.8, 4) is 0 Å². The maximum absolute atomic E-state index is 6.27. The molecule has 0 aliphatic heterocycles. The summed E-state index contributed by atoms with van der Waals surface area (Å²) >= 11 is 9.78. The number of ether oxygens (including phenoxy) is 1. The number of aromatic nitrogens is 2. The second-order valence-corrected chi connectivity index (χ2v) is 7.24. The fourth-order valence-electron chi connectivity index (χ4n) is 2.23. The van der Waals surface area contributed by atoms with Crippen molar-refractivity contribution in [3.05, 3.63) is 28.5 Å². The number of fused-ring (bicyclic) bond motifs is 1. The van der Waals surface area contributed by atoms with Crippen molar-refractivity contribution >= 4 is 38.6 Å². The van der Waals surface area contributed by atoms with E-state index < -0.39 is 0 Å². The summed E-state index contributed by atoms with van der Waals surface area (Å²) in [7, 11) is 0. The minimum atomic E-state index is -0.119. The number of halogens is 2. The Morgan fingerprint density at radius 3 is 2.71 bits per heavy atom. The number of hydrogen-bond donors (Lipinski definition) is 0. The predicted molar refractivity (Wildman–Crippen MR) is 92.0 cm³/mol. The Hall–Kier alpha value is -0.580. The summed E-state index contributed by atoms with van der Waals surface area (Å²) in [4.78, 5) is 4.64. The lowest BCUT2D eigenvalue weighted by Crippen LogP contribution is -2.11. The molecular formula is C16H22BrClN2O. The second kappa shape index (κ2) is 7.61. The third-order valence-electron chi connectivity index (χ3n) is 3.39. The van der Waals surface area contributed by atoms with E-state index in [4.69, 9.17) is 16.3 Å². The van der Waals surface area contributed by atoms with Crippen LogP contribution in [-0.4, -0.2) is 22.8 Å². The first-order valence-corrected chi connectivity index (χ1v) is 8.59. The molecule has 1 aromatic carbocycles. The first-order valence-electron chi connectivity index (χ1n) is 7.36. The van der Waals surface area contributed by atoms with Crippen LogP contribution in [0.5, 0.6) is 0 Å². The number of benzene rings is 1. The van der Waals surface area contributed by atoms with Gasteiger partial charge in [0.05, 0.1) is 23.0 Å². The number of rotatable bonds is 7. The van der Waals surface area contributed by atoms with Gasteiger partial charge in [0.2, 0.25) is 0 Å². The third kappa shape index (κ3) is 4.44. The first kappa shape index (κ1) is 16.8. The molecule has 1 atom stereocenters. The molecule has 0 aliphatic carbocycles. The van der Waals surface area contributed by atoms with Gasteiger partial charge in [-0.15, -0.1) is 11.6 Å². The van der Waals surface area contributed by atoms with E-state index in [1.807, 2.05) is 19.1 Å². The van der Waals surface area contributed by atoms with Gasteiger partial charge in [-0.05, 0) is 37.5 Å². The van der Waals surface area contributed by atoms with Crippen molar-refractivity contribution < 1.29 is 4.74 Å². The molecule has 2 aromatic rings. The van der Waals surface area contributed by atoms with Crippen LogP contribution >= 0.6 is 27.5 Å². The topological polar surface area (TPSA) is 27.1 Å². The van der Waals surface area contributed by atoms with Crippen LogP contribution in [0.15, 0.2) is 22.7 Å².